The maximum Gasteiger partial charge on any atom is 0.253 e. The van der Waals surface area contributed by atoms with E-state index in [2.05, 4.69) is 15.3 Å². The summed E-state index contributed by atoms with van der Waals surface area (Å²) in [4.78, 5) is 23.7. The van der Waals surface area contributed by atoms with Crippen molar-refractivity contribution in [3.05, 3.63) is 83.4 Å². The molecule has 29 heavy (non-hydrogen) atoms. The lowest BCUT2D eigenvalue weighted by atomic mass is 9.94. The standard InChI is InChI=1S/C23H23FN4O/c1-16-5-2-6-17(13-16)22(29)28-12-4-7-18(15-28)21-10-11-25-23(27-21)26-20-9-3-8-19(24)14-20/h2-3,5-6,8-11,13-14,18H,4,7,12,15H2,1H3,(H,25,26,27). The molecule has 1 atom stereocenters. The molecule has 1 aromatic heterocycles. The van der Waals surface area contributed by atoms with Gasteiger partial charge in [0, 0.05) is 36.5 Å². The summed E-state index contributed by atoms with van der Waals surface area (Å²) >= 11 is 0. The fraction of sp³-hybridized carbons (Fsp3) is 0.261. The molecule has 6 heteroatoms. The summed E-state index contributed by atoms with van der Waals surface area (Å²) in [6.07, 6.45) is 3.60. The Morgan fingerprint density at radius 2 is 2.03 bits per heavy atom. The van der Waals surface area contributed by atoms with Gasteiger partial charge in [-0.05, 0) is 56.2 Å². The monoisotopic (exact) mass is 390 g/mol. The van der Waals surface area contributed by atoms with E-state index in [1.54, 1.807) is 18.3 Å². The van der Waals surface area contributed by atoms with Crippen molar-refractivity contribution in [3.8, 4) is 0 Å². The van der Waals surface area contributed by atoms with Gasteiger partial charge in [0.2, 0.25) is 5.95 Å². The van der Waals surface area contributed by atoms with Crippen LogP contribution in [0.1, 0.15) is 40.4 Å². The Balaban J connectivity index is 1.49. The van der Waals surface area contributed by atoms with Gasteiger partial charge in [0.05, 0.1) is 5.69 Å². The largest absolute Gasteiger partial charge is 0.338 e. The van der Waals surface area contributed by atoms with E-state index in [0.717, 1.165) is 36.2 Å². The smallest absolute Gasteiger partial charge is 0.253 e. The van der Waals surface area contributed by atoms with Gasteiger partial charge in [-0.25, -0.2) is 14.4 Å². The van der Waals surface area contributed by atoms with E-state index in [-0.39, 0.29) is 17.6 Å². The number of nitrogens with zero attached hydrogens (tertiary/aromatic N) is 3. The number of carbonyl (C=O) groups excluding carboxylic acids is 1. The minimum Gasteiger partial charge on any atom is -0.338 e. The zero-order chi connectivity index (χ0) is 20.2. The third-order valence-corrected chi connectivity index (χ3v) is 5.15. The second-order valence-corrected chi connectivity index (χ2v) is 7.40. The van der Waals surface area contributed by atoms with Crippen molar-refractivity contribution in [2.75, 3.05) is 18.4 Å². The molecule has 3 aromatic rings. The van der Waals surface area contributed by atoms with Crippen LogP contribution >= 0.6 is 0 Å². The number of nitrogens with one attached hydrogen (secondary N) is 1. The van der Waals surface area contributed by atoms with Crippen LogP contribution in [0.4, 0.5) is 16.0 Å². The Bertz CT molecular complexity index is 1020. The van der Waals surface area contributed by atoms with Crippen molar-refractivity contribution in [1.82, 2.24) is 14.9 Å². The molecule has 0 spiro atoms. The zero-order valence-electron chi connectivity index (χ0n) is 16.3. The molecule has 4 rings (SSSR count). The molecule has 0 bridgehead atoms. The van der Waals surface area contributed by atoms with Crippen LogP contribution in [0.25, 0.3) is 0 Å². The predicted octanol–water partition coefficient (Wildman–Crippen LogP) is 4.69. The Labute approximate surface area is 169 Å². The number of carbonyl (C=O) groups is 1. The fourth-order valence-electron chi connectivity index (χ4n) is 3.72. The van der Waals surface area contributed by atoms with Crippen LogP contribution < -0.4 is 5.32 Å². The van der Waals surface area contributed by atoms with Gasteiger partial charge in [-0.15, -0.1) is 0 Å². The topological polar surface area (TPSA) is 58.1 Å². The molecule has 5 nitrogen and oxygen atoms in total. The maximum absolute atomic E-state index is 13.4. The highest BCUT2D eigenvalue weighted by Gasteiger charge is 2.26. The quantitative estimate of drug-likeness (QED) is 0.702. The van der Waals surface area contributed by atoms with E-state index < -0.39 is 0 Å². The highest BCUT2D eigenvalue weighted by molar-refractivity contribution is 5.94. The van der Waals surface area contributed by atoms with Gasteiger partial charge in [0.25, 0.3) is 5.91 Å². The van der Waals surface area contributed by atoms with Gasteiger partial charge in [-0.3, -0.25) is 4.79 Å². The molecule has 1 saturated heterocycles. The summed E-state index contributed by atoms with van der Waals surface area (Å²) in [7, 11) is 0. The molecule has 1 N–H and O–H groups in total. The van der Waals surface area contributed by atoms with Gasteiger partial charge in [0.1, 0.15) is 5.82 Å². The van der Waals surface area contributed by atoms with E-state index in [0.29, 0.717) is 18.2 Å². The van der Waals surface area contributed by atoms with Gasteiger partial charge in [-0.1, -0.05) is 23.8 Å². The van der Waals surface area contributed by atoms with Crippen molar-refractivity contribution in [1.29, 1.82) is 0 Å². The average Bonchev–Trinajstić information content (AvgIpc) is 2.73. The third kappa shape index (κ3) is 4.59. The summed E-state index contributed by atoms with van der Waals surface area (Å²) in [5.41, 5.74) is 3.29. The van der Waals surface area contributed by atoms with Crippen LogP contribution in [0.5, 0.6) is 0 Å². The molecule has 148 valence electrons. The number of likely N-dealkylation sites (tertiary alicyclic amines) is 1. The van der Waals surface area contributed by atoms with E-state index in [1.807, 2.05) is 42.2 Å². The Morgan fingerprint density at radius 3 is 2.86 bits per heavy atom. The minimum atomic E-state index is -0.316. The number of aromatic nitrogens is 2. The molecule has 1 fully saturated rings. The predicted molar refractivity (Wildman–Crippen MR) is 111 cm³/mol. The van der Waals surface area contributed by atoms with Gasteiger partial charge in [0.15, 0.2) is 0 Å². The van der Waals surface area contributed by atoms with Gasteiger partial charge < -0.3 is 10.2 Å². The normalized spacial score (nSPS) is 16.5. The number of rotatable bonds is 4. The van der Waals surface area contributed by atoms with E-state index in [9.17, 15) is 9.18 Å². The highest BCUT2D eigenvalue weighted by atomic mass is 19.1. The van der Waals surface area contributed by atoms with E-state index in [1.165, 1.54) is 12.1 Å². The summed E-state index contributed by atoms with van der Waals surface area (Å²) < 4.78 is 13.4. The lowest BCUT2D eigenvalue weighted by molar-refractivity contribution is 0.0706. The molecule has 1 aliphatic rings. The lowest BCUT2D eigenvalue weighted by Gasteiger charge is -2.32. The fourth-order valence-corrected chi connectivity index (χ4v) is 3.72. The number of benzene rings is 2. The number of piperidine rings is 1. The van der Waals surface area contributed by atoms with Crippen LogP contribution in [-0.2, 0) is 0 Å². The van der Waals surface area contributed by atoms with Crippen LogP contribution in [-0.4, -0.2) is 33.9 Å². The Morgan fingerprint density at radius 1 is 1.17 bits per heavy atom. The molecule has 1 aliphatic heterocycles. The summed E-state index contributed by atoms with van der Waals surface area (Å²) in [5, 5.41) is 3.05. The molecule has 2 aromatic carbocycles. The molecule has 1 unspecified atom stereocenters. The first-order valence-electron chi connectivity index (χ1n) is 9.80. The Hall–Kier alpha value is -3.28. The molecular weight excluding hydrogens is 367 g/mol. The van der Waals surface area contributed by atoms with Crippen molar-refractivity contribution < 1.29 is 9.18 Å². The van der Waals surface area contributed by atoms with E-state index in [4.69, 9.17) is 0 Å². The van der Waals surface area contributed by atoms with Gasteiger partial charge >= 0.3 is 0 Å². The molecule has 0 radical (unpaired) electrons. The van der Waals surface area contributed by atoms with Crippen molar-refractivity contribution in [2.45, 2.75) is 25.7 Å². The van der Waals surface area contributed by atoms with Gasteiger partial charge in [-0.2, -0.15) is 0 Å². The van der Waals surface area contributed by atoms with Crippen LogP contribution in [0.15, 0.2) is 60.8 Å². The second kappa shape index (κ2) is 8.39. The van der Waals surface area contributed by atoms with Crippen molar-refractivity contribution in [3.63, 3.8) is 0 Å². The first-order valence-corrected chi connectivity index (χ1v) is 9.80. The zero-order valence-corrected chi connectivity index (χ0v) is 16.3. The number of hydrogen-bond donors (Lipinski definition) is 1. The maximum atomic E-state index is 13.4. The second-order valence-electron chi connectivity index (χ2n) is 7.40. The highest BCUT2D eigenvalue weighted by Crippen LogP contribution is 2.27. The number of aryl methyl sites for hydroxylation is 1. The molecule has 0 saturated carbocycles. The molecule has 2 heterocycles. The average molecular weight is 390 g/mol. The Kier molecular flexibility index (Phi) is 5.51. The van der Waals surface area contributed by atoms with Crippen LogP contribution in [0.3, 0.4) is 0 Å². The first kappa shape index (κ1) is 19.1. The first-order chi connectivity index (χ1) is 14.1. The number of anilines is 2. The summed E-state index contributed by atoms with van der Waals surface area (Å²) in [6.45, 7) is 3.37. The molecular formula is C23H23FN4O. The van der Waals surface area contributed by atoms with Crippen molar-refractivity contribution >= 4 is 17.5 Å². The molecule has 1 amide bonds. The number of amides is 1. The van der Waals surface area contributed by atoms with Crippen LogP contribution in [0.2, 0.25) is 0 Å². The molecule has 0 aliphatic carbocycles. The van der Waals surface area contributed by atoms with E-state index >= 15 is 0 Å². The number of hydrogen-bond acceptors (Lipinski definition) is 4. The third-order valence-electron chi connectivity index (χ3n) is 5.15. The summed E-state index contributed by atoms with van der Waals surface area (Å²) in [5.74, 6) is 0.318. The van der Waals surface area contributed by atoms with Crippen molar-refractivity contribution in [2.24, 2.45) is 0 Å². The summed E-state index contributed by atoms with van der Waals surface area (Å²) in [6, 6.07) is 15.8. The minimum absolute atomic E-state index is 0.0607. The lowest BCUT2D eigenvalue weighted by Crippen LogP contribution is -2.39. The number of halogens is 1. The van der Waals surface area contributed by atoms with Crippen LogP contribution in [0, 0.1) is 12.7 Å². The SMILES string of the molecule is Cc1cccc(C(=O)N2CCCC(c3ccnc(Nc4cccc(F)c4)n3)C2)c1.